The molecule has 0 N–H and O–H groups in total. The Morgan fingerprint density at radius 2 is 1.53 bits per heavy atom. The Bertz CT molecular complexity index is 1610. The first-order chi connectivity index (χ1) is 17.6. The molecule has 0 aliphatic rings. The van der Waals surface area contributed by atoms with Crippen molar-refractivity contribution in [2.45, 2.75) is 24.5 Å². The van der Waals surface area contributed by atoms with Crippen molar-refractivity contribution < 1.29 is 43.9 Å². The summed E-state index contributed by atoms with van der Waals surface area (Å²) in [5.74, 6) is -2.79. The summed E-state index contributed by atoms with van der Waals surface area (Å²) in [6.07, 6.45) is -9.56. The highest BCUT2D eigenvalue weighted by Crippen LogP contribution is 2.37. The van der Waals surface area contributed by atoms with E-state index in [1.54, 1.807) is 0 Å². The molecule has 4 rings (SSSR count). The molecular formula is C24H14ClF7N2O3S. The van der Waals surface area contributed by atoms with E-state index >= 15 is 0 Å². The predicted octanol–water partition coefficient (Wildman–Crippen LogP) is 6.67. The van der Waals surface area contributed by atoms with Crippen LogP contribution in [0.4, 0.5) is 30.7 Å². The van der Waals surface area contributed by atoms with Crippen LogP contribution in [0.2, 0.25) is 5.02 Å². The Kier molecular flexibility index (Phi) is 7.04. The molecule has 38 heavy (non-hydrogen) atoms. The van der Waals surface area contributed by atoms with Crippen molar-refractivity contribution in [3.63, 3.8) is 0 Å². The number of nitrogens with zero attached hydrogens (tertiary/aromatic N) is 2. The summed E-state index contributed by atoms with van der Waals surface area (Å²) in [6, 6.07) is 8.32. The van der Waals surface area contributed by atoms with Crippen molar-refractivity contribution >= 4 is 38.3 Å². The zero-order chi connectivity index (χ0) is 28.0. The van der Waals surface area contributed by atoms with E-state index in [1.165, 1.54) is 30.3 Å². The van der Waals surface area contributed by atoms with Crippen LogP contribution in [-0.2, 0) is 34.5 Å². The highest BCUT2D eigenvalue weighted by atomic mass is 35.5. The van der Waals surface area contributed by atoms with Crippen molar-refractivity contribution in [2.24, 2.45) is 0 Å². The summed E-state index contributed by atoms with van der Waals surface area (Å²) in [5.41, 5.74) is -4.28. The van der Waals surface area contributed by atoms with E-state index in [0.717, 1.165) is 12.3 Å². The third-order valence-electron chi connectivity index (χ3n) is 5.47. The molecule has 0 radical (unpaired) electrons. The smallest absolute Gasteiger partial charge is 0.294 e. The minimum absolute atomic E-state index is 0.0852. The van der Waals surface area contributed by atoms with E-state index in [9.17, 15) is 43.9 Å². The molecule has 0 fully saturated rings. The van der Waals surface area contributed by atoms with E-state index in [2.05, 4.69) is 5.10 Å². The maximum Gasteiger partial charge on any atom is 0.416 e. The number of rotatable bonds is 6. The Morgan fingerprint density at radius 1 is 0.895 bits per heavy atom. The van der Waals surface area contributed by atoms with Crippen LogP contribution in [-0.4, -0.2) is 23.4 Å². The van der Waals surface area contributed by atoms with E-state index in [4.69, 9.17) is 11.6 Å². The number of ketones is 1. The second-order valence-electron chi connectivity index (χ2n) is 8.25. The van der Waals surface area contributed by atoms with Gasteiger partial charge in [-0.2, -0.15) is 35.5 Å². The Balaban J connectivity index is 1.70. The van der Waals surface area contributed by atoms with Crippen molar-refractivity contribution in [1.82, 2.24) is 9.19 Å². The molecular weight excluding hydrogens is 565 g/mol. The highest BCUT2D eigenvalue weighted by molar-refractivity contribution is 7.89. The molecule has 0 bridgehead atoms. The Hall–Kier alpha value is -3.45. The van der Waals surface area contributed by atoms with Crippen LogP contribution < -0.4 is 0 Å². The van der Waals surface area contributed by atoms with Crippen LogP contribution in [0.25, 0.3) is 10.9 Å². The van der Waals surface area contributed by atoms with Gasteiger partial charge in [-0.3, -0.25) is 4.79 Å². The summed E-state index contributed by atoms with van der Waals surface area (Å²) in [5, 5.41) is 3.87. The second-order valence-corrected chi connectivity index (χ2v) is 10.5. The van der Waals surface area contributed by atoms with Gasteiger partial charge in [-0.15, -0.1) is 0 Å². The van der Waals surface area contributed by atoms with Crippen LogP contribution in [0.1, 0.15) is 32.6 Å². The van der Waals surface area contributed by atoms with Gasteiger partial charge in [0.15, 0.2) is 5.78 Å². The van der Waals surface area contributed by atoms with Crippen molar-refractivity contribution in [3.05, 3.63) is 99.5 Å². The minimum Gasteiger partial charge on any atom is -0.294 e. The first kappa shape index (κ1) is 27.6. The Morgan fingerprint density at radius 3 is 2.11 bits per heavy atom. The van der Waals surface area contributed by atoms with E-state index in [-0.39, 0.29) is 39.5 Å². The van der Waals surface area contributed by atoms with Crippen LogP contribution in [0.3, 0.4) is 0 Å². The molecule has 4 aromatic rings. The quantitative estimate of drug-likeness (QED) is 0.189. The SMILES string of the molecule is O=C(Cc1ccc2cnn(S(=O)(=O)Cc3cc(C(F)(F)F)cc(C(F)(F)F)c3)c2c1)c1c(F)cccc1Cl. The van der Waals surface area contributed by atoms with E-state index in [1.807, 2.05) is 0 Å². The molecule has 1 aromatic heterocycles. The van der Waals surface area contributed by atoms with Gasteiger partial charge in [0.1, 0.15) is 5.82 Å². The standard InChI is InChI=1S/C24H14ClF7N2O3S/c25-18-2-1-3-19(26)22(18)21(35)9-13-4-5-15-11-33-34(20(15)8-13)38(36,37)12-14-6-16(23(27,28)29)10-17(7-14)24(30,31)32/h1-8,10-11H,9,12H2. The predicted molar refractivity (Wildman–Crippen MR) is 124 cm³/mol. The third kappa shape index (κ3) is 5.68. The lowest BCUT2D eigenvalue weighted by Crippen LogP contribution is -2.18. The monoisotopic (exact) mass is 578 g/mol. The van der Waals surface area contributed by atoms with Crippen molar-refractivity contribution in [1.29, 1.82) is 0 Å². The number of carbonyl (C=O) groups excluding carboxylic acids is 1. The lowest BCUT2D eigenvalue weighted by atomic mass is 10.0. The van der Waals surface area contributed by atoms with Crippen molar-refractivity contribution in [2.75, 3.05) is 0 Å². The third-order valence-corrected chi connectivity index (χ3v) is 7.30. The van der Waals surface area contributed by atoms with Crippen LogP contribution in [0.5, 0.6) is 0 Å². The van der Waals surface area contributed by atoms with Crippen LogP contribution >= 0.6 is 11.6 Å². The topological polar surface area (TPSA) is 69.0 Å². The highest BCUT2D eigenvalue weighted by Gasteiger charge is 2.37. The van der Waals surface area contributed by atoms with Gasteiger partial charge in [0.05, 0.1) is 39.2 Å². The maximum absolute atomic E-state index is 14.1. The molecule has 3 aromatic carbocycles. The molecule has 0 aliphatic heterocycles. The number of hydrogen-bond donors (Lipinski definition) is 0. The molecule has 14 heteroatoms. The zero-order valence-corrected chi connectivity index (χ0v) is 20.3. The molecule has 0 saturated heterocycles. The largest absolute Gasteiger partial charge is 0.416 e. The fourth-order valence-corrected chi connectivity index (χ4v) is 5.41. The molecule has 0 saturated carbocycles. The molecule has 0 aliphatic carbocycles. The number of aromatic nitrogens is 2. The number of Topliss-reactive ketones (excluding diaryl/α,β-unsaturated/α-hetero) is 1. The number of benzene rings is 3. The van der Waals surface area contributed by atoms with Gasteiger partial charge >= 0.3 is 12.4 Å². The van der Waals surface area contributed by atoms with E-state index in [0.29, 0.717) is 16.2 Å². The maximum atomic E-state index is 14.1. The van der Waals surface area contributed by atoms with Gasteiger partial charge in [-0.05, 0) is 47.5 Å². The molecule has 5 nitrogen and oxygen atoms in total. The molecule has 0 amide bonds. The Labute approximate surface area is 215 Å². The number of halogens is 8. The summed E-state index contributed by atoms with van der Waals surface area (Å²) in [7, 11) is -4.63. The van der Waals surface area contributed by atoms with Crippen LogP contribution in [0, 0.1) is 5.82 Å². The average Bonchev–Trinajstić information content (AvgIpc) is 3.21. The van der Waals surface area contributed by atoms with E-state index < -0.39 is 56.4 Å². The van der Waals surface area contributed by atoms with Gasteiger partial charge in [0, 0.05) is 11.8 Å². The fraction of sp³-hybridized carbons (Fsp3) is 0.167. The number of hydrogen-bond acceptors (Lipinski definition) is 4. The first-order valence-electron chi connectivity index (χ1n) is 10.5. The molecule has 1 heterocycles. The van der Waals surface area contributed by atoms with Gasteiger partial charge in [-0.1, -0.05) is 29.8 Å². The molecule has 0 spiro atoms. The summed E-state index contributed by atoms with van der Waals surface area (Å²) >= 11 is 5.91. The van der Waals surface area contributed by atoms with Gasteiger partial charge < -0.3 is 0 Å². The van der Waals surface area contributed by atoms with Crippen LogP contribution in [0.15, 0.2) is 60.8 Å². The number of fused-ring (bicyclic) bond motifs is 1. The number of alkyl halides is 6. The normalized spacial score (nSPS) is 12.7. The zero-order valence-electron chi connectivity index (χ0n) is 18.7. The molecule has 200 valence electrons. The van der Waals surface area contributed by atoms with Gasteiger partial charge in [0.25, 0.3) is 10.0 Å². The summed E-state index contributed by atoms with van der Waals surface area (Å²) in [6.45, 7) is 0. The summed E-state index contributed by atoms with van der Waals surface area (Å²) < 4.78 is 120. The number of carbonyl (C=O) groups is 1. The summed E-state index contributed by atoms with van der Waals surface area (Å²) in [4.78, 5) is 12.6. The lowest BCUT2D eigenvalue weighted by molar-refractivity contribution is -0.143. The molecule has 0 atom stereocenters. The fourth-order valence-electron chi connectivity index (χ4n) is 3.78. The van der Waals surface area contributed by atoms with Crippen molar-refractivity contribution in [3.8, 4) is 0 Å². The van der Waals surface area contributed by atoms with Gasteiger partial charge in [0.2, 0.25) is 0 Å². The first-order valence-corrected chi connectivity index (χ1v) is 12.5. The molecule has 0 unspecified atom stereocenters. The second kappa shape index (κ2) is 9.70. The van der Waals surface area contributed by atoms with Gasteiger partial charge in [-0.25, -0.2) is 12.8 Å². The minimum atomic E-state index is -5.15. The lowest BCUT2D eigenvalue weighted by Gasteiger charge is -2.14. The average molecular weight is 579 g/mol.